The maximum absolute atomic E-state index is 12.7. The molecule has 6 nitrogen and oxygen atoms in total. The lowest BCUT2D eigenvalue weighted by Crippen LogP contribution is -2.61. The first-order chi connectivity index (χ1) is 15.1. The van der Waals surface area contributed by atoms with Gasteiger partial charge in [-0.25, -0.2) is 4.79 Å². The number of ether oxygens (including phenoxy) is 2. The van der Waals surface area contributed by atoms with E-state index < -0.39 is 11.2 Å². The molecule has 0 aromatic carbocycles. The Bertz CT molecular complexity index is 710. The summed E-state index contributed by atoms with van der Waals surface area (Å²) in [6, 6.07) is 0.489. The molecule has 2 N–H and O–H groups in total. The van der Waals surface area contributed by atoms with Crippen LogP contribution in [0.1, 0.15) is 111 Å². The fraction of sp³-hybridized carbons (Fsp3) is 0.923. The smallest absolute Gasteiger partial charge is 0.407 e. The zero-order valence-electron chi connectivity index (χ0n) is 20.6. The number of fused-ring (bicyclic) bond motifs is 5. The van der Waals surface area contributed by atoms with Crippen molar-refractivity contribution in [2.45, 2.75) is 141 Å². The maximum atomic E-state index is 12.7. The molecule has 1 saturated carbocycles. The van der Waals surface area contributed by atoms with E-state index in [-0.39, 0.29) is 29.6 Å². The van der Waals surface area contributed by atoms with Crippen LogP contribution in [-0.4, -0.2) is 41.4 Å². The van der Waals surface area contributed by atoms with Gasteiger partial charge in [0.1, 0.15) is 11.2 Å². The molecule has 3 aliphatic heterocycles. The molecule has 0 radical (unpaired) electrons. The topological polar surface area (TPSA) is 80.0 Å². The second kappa shape index (κ2) is 9.15. The average molecular weight is 449 g/mol. The Balaban J connectivity index is 1.47. The summed E-state index contributed by atoms with van der Waals surface area (Å²) in [5.41, 5.74) is -1.37. The minimum Gasteiger partial charge on any atom is -0.442 e. The summed E-state index contributed by atoms with van der Waals surface area (Å²) in [4.78, 5) is 25.2. The number of epoxide rings is 1. The first-order valence-electron chi connectivity index (χ1n) is 13.1. The molecule has 6 heteroatoms. The first-order valence-corrected chi connectivity index (χ1v) is 13.1. The lowest BCUT2D eigenvalue weighted by atomic mass is 9.63. The highest BCUT2D eigenvalue weighted by Crippen LogP contribution is 2.59. The highest BCUT2D eigenvalue weighted by molar-refractivity contribution is 5.76. The minimum atomic E-state index is -0.605. The molecule has 4 fully saturated rings. The van der Waals surface area contributed by atoms with Crippen molar-refractivity contribution >= 4 is 12.0 Å². The van der Waals surface area contributed by atoms with Gasteiger partial charge in [-0.05, 0) is 45.4 Å². The van der Waals surface area contributed by atoms with Crippen LogP contribution in [-0.2, 0) is 14.3 Å². The molecule has 0 aromatic heterocycles. The van der Waals surface area contributed by atoms with E-state index in [1.54, 1.807) is 0 Å². The molecule has 182 valence electrons. The van der Waals surface area contributed by atoms with Crippen LogP contribution in [0, 0.1) is 11.3 Å². The van der Waals surface area contributed by atoms with Crippen LogP contribution in [0.5, 0.6) is 0 Å². The van der Waals surface area contributed by atoms with Crippen molar-refractivity contribution in [3.8, 4) is 0 Å². The van der Waals surface area contributed by atoms with E-state index >= 15 is 0 Å². The summed E-state index contributed by atoms with van der Waals surface area (Å²) in [7, 11) is 0. The highest BCUT2D eigenvalue weighted by atomic mass is 16.6. The van der Waals surface area contributed by atoms with Gasteiger partial charge in [0, 0.05) is 30.3 Å². The fourth-order valence-corrected chi connectivity index (χ4v) is 6.61. The zero-order chi connectivity index (χ0) is 23.0. The summed E-state index contributed by atoms with van der Waals surface area (Å²) in [6.07, 6.45) is 13.7. The van der Waals surface area contributed by atoms with Gasteiger partial charge in [-0.1, -0.05) is 58.8 Å². The number of amides is 2. The Morgan fingerprint density at radius 1 is 0.812 bits per heavy atom. The van der Waals surface area contributed by atoms with Gasteiger partial charge in [0.2, 0.25) is 5.91 Å². The minimum absolute atomic E-state index is 0.0216. The van der Waals surface area contributed by atoms with Crippen LogP contribution in [0.25, 0.3) is 0 Å². The number of rotatable bonds is 0. The van der Waals surface area contributed by atoms with Crippen molar-refractivity contribution in [2.75, 3.05) is 0 Å². The average Bonchev–Trinajstić information content (AvgIpc) is 3.40. The largest absolute Gasteiger partial charge is 0.442 e. The van der Waals surface area contributed by atoms with Crippen LogP contribution in [0.4, 0.5) is 4.79 Å². The Morgan fingerprint density at radius 3 is 2.28 bits per heavy atom. The molecule has 4 rings (SSSR count). The quantitative estimate of drug-likeness (QED) is 0.497. The van der Waals surface area contributed by atoms with Crippen LogP contribution >= 0.6 is 0 Å². The summed E-state index contributed by atoms with van der Waals surface area (Å²) in [5.74, 6) is 0.909. The van der Waals surface area contributed by atoms with E-state index in [1.807, 2.05) is 0 Å². The molecular formula is C26H44N2O4. The standard InChI is InChI=1S/C26H44N2O4/c1-24(2)25(3)17-20(28-23(30)32-25)12-8-6-5-7-10-18-11-9-13-19(16-18)27-22(29)15-14-21-26(24,4)31-21/h18-21H,5-17H2,1-4H3,(H,27,29)(H,28,30). The Kier molecular flexibility index (Phi) is 6.82. The number of carbonyl (C=O) groups excluding carboxylic acids is 2. The van der Waals surface area contributed by atoms with Gasteiger partial charge in [0.15, 0.2) is 0 Å². The van der Waals surface area contributed by atoms with Gasteiger partial charge in [0.05, 0.1) is 6.10 Å². The molecule has 4 bridgehead atoms. The number of hydrogen-bond donors (Lipinski definition) is 2. The number of hydrogen-bond acceptors (Lipinski definition) is 4. The summed E-state index contributed by atoms with van der Waals surface area (Å²) < 4.78 is 12.2. The van der Waals surface area contributed by atoms with Crippen LogP contribution in [0.3, 0.4) is 0 Å². The molecule has 32 heavy (non-hydrogen) atoms. The van der Waals surface area contributed by atoms with Gasteiger partial charge in [-0.2, -0.15) is 0 Å². The second-order valence-corrected chi connectivity index (χ2v) is 11.8. The van der Waals surface area contributed by atoms with Crippen molar-refractivity contribution in [1.29, 1.82) is 0 Å². The molecule has 6 unspecified atom stereocenters. The van der Waals surface area contributed by atoms with Gasteiger partial charge < -0.3 is 20.1 Å². The molecule has 0 aromatic rings. The zero-order valence-corrected chi connectivity index (χ0v) is 20.6. The monoisotopic (exact) mass is 448 g/mol. The lowest BCUT2D eigenvalue weighted by molar-refractivity contribution is -0.122. The molecule has 1 aliphatic carbocycles. The van der Waals surface area contributed by atoms with E-state index in [0.29, 0.717) is 18.9 Å². The normalized spacial score (nSPS) is 43.2. The van der Waals surface area contributed by atoms with Crippen molar-refractivity contribution in [3.05, 3.63) is 0 Å². The molecule has 3 heterocycles. The molecule has 6 atom stereocenters. The molecular weight excluding hydrogens is 404 g/mol. The van der Waals surface area contributed by atoms with Gasteiger partial charge >= 0.3 is 6.09 Å². The van der Waals surface area contributed by atoms with Crippen LogP contribution in [0.2, 0.25) is 0 Å². The molecule has 3 saturated heterocycles. The Morgan fingerprint density at radius 2 is 1.50 bits per heavy atom. The van der Waals surface area contributed by atoms with E-state index in [0.717, 1.165) is 38.0 Å². The predicted molar refractivity (Wildman–Crippen MR) is 124 cm³/mol. The van der Waals surface area contributed by atoms with Crippen LogP contribution in [0.15, 0.2) is 0 Å². The van der Waals surface area contributed by atoms with Crippen LogP contribution < -0.4 is 10.6 Å². The maximum Gasteiger partial charge on any atom is 0.407 e. The second-order valence-electron chi connectivity index (χ2n) is 11.8. The highest BCUT2D eigenvalue weighted by Gasteiger charge is 2.68. The Labute approximate surface area is 193 Å². The van der Waals surface area contributed by atoms with E-state index in [9.17, 15) is 9.59 Å². The molecule has 2 amide bonds. The molecule has 0 spiro atoms. The summed E-state index contributed by atoms with van der Waals surface area (Å²) >= 11 is 0. The fourth-order valence-electron chi connectivity index (χ4n) is 6.61. The summed E-state index contributed by atoms with van der Waals surface area (Å²) in [6.45, 7) is 8.51. The van der Waals surface area contributed by atoms with Crippen molar-refractivity contribution in [3.63, 3.8) is 0 Å². The van der Waals surface area contributed by atoms with Crippen molar-refractivity contribution in [2.24, 2.45) is 11.3 Å². The lowest BCUT2D eigenvalue weighted by Gasteiger charge is -2.50. The molecule has 4 aliphatic rings. The van der Waals surface area contributed by atoms with Gasteiger partial charge in [-0.3, -0.25) is 4.79 Å². The Hall–Kier alpha value is -1.30. The van der Waals surface area contributed by atoms with Crippen molar-refractivity contribution in [1.82, 2.24) is 10.6 Å². The van der Waals surface area contributed by atoms with Gasteiger partial charge in [-0.15, -0.1) is 0 Å². The van der Waals surface area contributed by atoms with E-state index in [4.69, 9.17) is 9.47 Å². The predicted octanol–water partition coefficient (Wildman–Crippen LogP) is 5.24. The number of carbonyl (C=O) groups is 2. The number of alkyl carbamates (subject to hydrolysis) is 1. The van der Waals surface area contributed by atoms with Gasteiger partial charge in [0.25, 0.3) is 0 Å². The van der Waals surface area contributed by atoms with E-state index in [1.165, 1.54) is 38.5 Å². The first kappa shape index (κ1) is 23.8. The van der Waals surface area contributed by atoms with E-state index in [2.05, 4.69) is 38.3 Å². The SMILES string of the molecule is CC12CC(CCCCCCC3CCCC(C3)NC(=O)CCC3OC3(C)C1(C)C)NC(=O)O2. The van der Waals surface area contributed by atoms with Crippen molar-refractivity contribution < 1.29 is 19.1 Å². The number of nitrogens with one attached hydrogen (secondary N) is 2. The third-order valence-corrected chi connectivity index (χ3v) is 9.48. The third-order valence-electron chi connectivity index (χ3n) is 9.48. The summed E-state index contributed by atoms with van der Waals surface area (Å²) in [5, 5.41) is 6.37. The third kappa shape index (κ3) is 4.80.